The highest BCUT2D eigenvalue weighted by atomic mass is 16.4. The maximum atomic E-state index is 10.4. The smallest absolute Gasteiger partial charge is 0.356 e. The van der Waals surface area contributed by atoms with E-state index in [1.807, 2.05) is 0 Å². The molecule has 3 N–H and O–H groups in total. The van der Waals surface area contributed by atoms with Gasteiger partial charge in [-0.25, -0.2) is 4.79 Å². The number of aromatic nitrogens is 2. The van der Waals surface area contributed by atoms with Crippen LogP contribution in [-0.4, -0.2) is 43.8 Å². The van der Waals surface area contributed by atoms with Crippen LogP contribution in [0, 0.1) is 0 Å². The van der Waals surface area contributed by atoms with Crippen molar-refractivity contribution in [2.24, 2.45) is 0 Å². The van der Waals surface area contributed by atoms with Crippen molar-refractivity contribution in [1.82, 2.24) is 9.78 Å². The van der Waals surface area contributed by atoms with Gasteiger partial charge in [0.05, 0.1) is 19.3 Å². The molecule has 0 aromatic carbocycles. The first-order valence-electron chi connectivity index (χ1n) is 3.69. The highest BCUT2D eigenvalue weighted by Crippen LogP contribution is 1.96. The Kier molecular flexibility index (Phi) is 2.99. The van der Waals surface area contributed by atoms with Crippen molar-refractivity contribution >= 4 is 5.97 Å². The van der Waals surface area contributed by atoms with Crippen LogP contribution < -0.4 is 0 Å². The van der Waals surface area contributed by atoms with Gasteiger partial charge in [-0.15, -0.1) is 0 Å². The molecule has 0 aliphatic rings. The van der Waals surface area contributed by atoms with Crippen molar-refractivity contribution in [2.45, 2.75) is 12.6 Å². The SMILES string of the molecule is O=C(O)c1ccn(CC(O)CO)n1. The average Bonchev–Trinajstić information content (AvgIpc) is 2.52. The average molecular weight is 186 g/mol. The number of hydrogen-bond acceptors (Lipinski definition) is 4. The Morgan fingerprint density at radius 3 is 2.85 bits per heavy atom. The quantitative estimate of drug-likeness (QED) is 0.556. The second-order valence-corrected chi connectivity index (χ2v) is 2.56. The molecule has 6 nitrogen and oxygen atoms in total. The number of carboxylic acid groups (broad SMARTS) is 1. The Morgan fingerprint density at radius 1 is 1.69 bits per heavy atom. The molecule has 6 heteroatoms. The van der Waals surface area contributed by atoms with Crippen LogP contribution in [0.4, 0.5) is 0 Å². The molecule has 1 aromatic heterocycles. The molecular formula is C7H10N2O4. The van der Waals surface area contributed by atoms with Crippen molar-refractivity contribution in [3.8, 4) is 0 Å². The Morgan fingerprint density at radius 2 is 2.38 bits per heavy atom. The van der Waals surface area contributed by atoms with E-state index in [9.17, 15) is 4.79 Å². The normalized spacial score (nSPS) is 12.8. The van der Waals surface area contributed by atoms with Gasteiger partial charge >= 0.3 is 5.97 Å². The molecule has 0 spiro atoms. The molecular weight excluding hydrogens is 176 g/mol. The molecule has 1 heterocycles. The molecule has 72 valence electrons. The zero-order valence-corrected chi connectivity index (χ0v) is 6.79. The first-order chi connectivity index (χ1) is 6.13. The predicted molar refractivity (Wildman–Crippen MR) is 42.3 cm³/mol. The van der Waals surface area contributed by atoms with E-state index < -0.39 is 12.1 Å². The lowest BCUT2D eigenvalue weighted by Gasteiger charge is -2.05. The molecule has 0 amide bonds. The Bertz CT molecular complexity index is 296. The number of carbonyl (C=O) groups is 1. The number of carboxylic acids is 1. The number of aliphatic hydroxyl groups excluding tert-OH is 2. The minimum absolute atomic E-state index is 0.0786. The third-order valence-corrected chi connectivity index (χ3v) is 1.47. The molecule has 0 radical (unpaired) electrons. The lowest BCUT2D eigenvalue weighted by molar-refractivity contribution is 0.0680. The van der Waals surface area contributed by atoms with Crippen molar-refractivity contribution in [3.05, 3.63) is 18.0 Å². The minimum Gasteiger partial charge on any atom is -0.476 e. The van der Waals surface area contributed by atoms with Crippen LogP contribution in [0.5, 0.6) is 0 Å². The minimum atomic E-state index is -1.11. The summed E-state index contributed by atoms with van der Waals surface area (Å²) in [6, 6.07) is 1.33. The van der Waals surface area contributed by atoms with Crippen LogP contribution >= 0.6 is 0 Å². The predicted octanol–water partition coefficient (Wildman–Crippen LogP) is -1.07. The monoisotopic (exact) mass is 186 g/mol. The van der Waals surface area contributed by atoms with Gasteiger partial charge in [-0.05, 0) is 6.07 Å². The molecule has 0 saturated carbocycles. The number of hydrogen-bond donors (Lipinski definition) is 3. The molecule has 0 aliphatic heterocycles. The Hall–Kier alpha value is -1.40. The van der Waals surface area contributed by atoms with Crippen LogP contribution in [0.15, 0.2) is 12.3 Å². The highest BCUT2D eigenvalue weighted by molar-refractivity contribution is 5.84. The Balaban J connectivity index is 2.64. The highest BCUT2D eigenvalue weighted by Gasteiger charge is 2.08. The van der Waals surface area contributed by atoms with Crippen LogP contribution in [-0.2, 0) is 6.54 Å². The van der Waals surface area contributed by atoms with E-state index in [-0.39, 0.29) is 18.8 Å². The summed E-state index contributed by atoms with van der Waals surface area (Å²) in [6.07, 6.45) is 0.518. The second kappa shape index (κ2) is 4.01. The van der Waals surface area contributed by atoms with E-state index in [1.54, 1.807) is 0 Å². The van der Waals surface area contributed by atoms with E-state index >= 15 is 0 Å². The fraction of sp³-hybridized carbons (Fsp3) is 0.429. The van der Waals surface area contributed by atoms with Gasteiger partial charge in [0.15, 0.2) is 5.69 Å². The van der Waals surface area contributed by atoms with Gasteiger partial charge < -0.3 is 15.3 Å². The first kappa shape index (κ1) is 9.69. The molecule has 0 bridgehead atoms. The van der Waals surface area contributed by atoms with E-state index in [2.05, 4.69) is 5.10 Å². The Labute approximate surface area is 74.0 Å². The van der Waals surface area contributed by atoms with Gasteiger partial charge in [0, 0.05) is 6.20 Å². The van der Waals surface area contributed by atoms with Crippen LogP contribution in [0.1, 0.15) is 10.5 Å². The van der Waals surface area contributed by atoms with Gasteiger partial charge in [0.25, 0.3) is 0 Å². The van der Waals surface area contributed by atoms with Crippen LogP contribution in [0.25, 0.3) is 0 Å². The van der Waals surface area contributed by atoms with Crippen LogP contribution in [0.2, 0.25) is 0 Å². The third kappa shape index (κ3) is 2.53. The molecule has 1 atom stereocenters. The fourth-order valence-corrected chi connectivity index (χ4v) is 0.851. The molecule has 13 heavy (non-hydrogen) atoms. The van der Waals surface area contributed by atoms with Gasteiger partial charge in [-0.2, -0.15) is 5.10 Å². The number of nitrogens with zero attached hydrogens (tertiary/aromatic N) is 2. The molecule has 0 fully saturated rings. The summed E-state index contributed by atoms with van der Waals surface area (Å²) in [5, 5.41) is 29.7. The lowest BCUT2D eigenvalue weighted by atomic mass is 10.4. The fourth-order valence-electron chi connectivity index (χ4n) is 0.851. The number of aliphatic hydroxyl groups is 2. The van der Waals surface area contributed by atoms with E-state index in [4.69, 9.17) is 15.3 Å². The zero-order chi connectivity index (χ0) is 9.84. The lowest BCUT2D eigenvalue weighted by Crippen LogP contribution is -2.20. The number of aromatic carboxylic acids is 1. The number of rotatable bonds is 4. The van der Waals surface area contributed by atoms with Crippen molar-refractivity contribution in [1.29, 1.82) is 0 Å². The van der Waals surface area contributed by atoms with Crippen molar-refractivity contribution in [3.63, 3.8) is 0 Å². The third-order valence-electron chi connectivity index (χ3n) is 1.47. The molecule has 1 unspecified atom stereocenters. The molecule has 1 rings (SSSR count). The summed E-state index contributed by atoms with van der Waals surface area (Å²) in [5.41, 5.74) is -0.0786. The maximum Gasteiger partial charge on any atom is 0.356 e. The standard InChI is InChI=1S/C7H10N2O4/c10-4-5(11)3-9-2-1-6(8-9)7(12)13/h1-2,5,10-11H,3-4H2,(H,12,13). The summed E-state index contributed by atoms with van der Waals surface area (Å²) in [7, 11) is 0. The second-order valence-electron chi connectivity index (χ2n) is 2.56. The largest absolute Gasteiger partial charge is 0.476 e. The van der Waals surface area contributed by atoms with Gasteiger partial charge in [-0.1, -0.05) is 0 Å². The summed E-state index contributed by atoms with van der Waals surface area (Å²) in [5.74, 6) is -1.11. The van der Waals surface area contributed by atoms with Crippen molar-refractivity contribution in [2.75, 3.05) is 6.61 Å². The first-order valence-corrected chi connectivity index (χ1v) is 3.69. The topological polar surface area (TPSA) is 95.6 Å². The maximum absolute atomic E-state index is 10.4. The van der Waals surface area contributed by atoms with E-state index in [1.165, 1.54) is 16.9 Å². The summed E-state index contributed by atoms with van der Waals surface area (Å²) >= 11 is 0. The molecule has 0 aliphatic carbocycles. The van der Waals surface area contributed by atoms with Gasteiger partial charge in [-0.3, -0.25) is 4.68 Å². The summed E-state index contributed by atoms with van der Waals surface area (Å²) in [4.78, 5) is 10.4. The van der Waals surface area contributed by atoms with E-state index in [0.717, 1.165) is 0 Å². The van der Waals surface area contributed by atoms with Gasteiger partial charge in [0.1, 0.15) is 0 Å². The van der Waals surface area contributed by atoms with Gasteiger partial charge in [0.2, 0.25) is 0 Å². The van der Waals surface area contributed by atoms with Crippen LogP contribution in [0.3, 0.4) is 0 Å². The van der Waals surface area contributed by atoms with E-state index in [0.29, 0.717) is 0 Å². The summed E-state index contributed by atoms with van der Waals surface area (Å²) < 4.78 is 1.27. The molecule has 0 saturated heterocycles. The zero-order valence-electron chi connectivity index (χ0n) is 6.79. The molecule has 1 aromatic rings. The summed E-state index contributed by atoms with van der Waals surface area (Å²) in [6.45, 7) is -0.286. The van der Waals surface area contributed by atoms with Crippen molar-refractivity contribution < 1.29 is 20.1 Å².